The molecule has 5 heteroatoms. The Hall–Kier alpha value is -1.75. The molecule has 1 aromatic rings. The van der Waals surface area contributed by atoms with E-state index >= 15 is 0 Å². The van der Waals surface area contributed by atoms with Crippen LogP contribution in [0.15, 0.2) is 18.2 Å². The molecular weight excluding hydrogens is 228 g/mol. The van der Waals surface area contributed by atoms with Gasteiger partial charge in [0.05, 0.1) is 16.9 Å². The second-order valence-electron chi connectivity index (χ2n) is 4.88. The molecule has 1 heterocycles. The number of amides is 1. The lowest BCUT2D eigenvalue weighted by Gasteiger charge is -2.31. The van der Waals surface area contributed by atoms with Crippen LogP contribution in [0, 0.1) is 0 Å². The van der Waals surface area contributed by atoms with Gasteiger partial charge in [-0.05, 0) is 38.6 Å². The Labute approximate surface area is 107 Å². The van der Waals surface area contributed by atoms with Crippen LogP contribution in [0.3, 0.4) is 0 Å². The van der Waals surface area contributed by atoms with Crippen LogP contribution >= 0.6 is 0 Å². The number of nitrogens with two attached hydrogens (primary N) is 2. The lowest BCUT2D eigenvalue weighted by Crippen LogP contribution is -2.40. The number of benzene rings is 1. The first-order valence-corrected chi connectivity index (χ1v) is 6.21. The SMILES string of the molecule is CN1CCCC(Nc2c(N)cccc2C(N)=O)C1. The first-order valence-electron chi connectivity index (χ1n) is 6.21. The minimum atomic E-state index is -0.450. The van der Waals surface area contributed by atoms with Gasteiger partial charge < -0.3 is 21.7 Å². The summed E-state index contributed by atoms with van der Waals surface area (Å²) >= 11 is 0. The minimum absolute atomic E-state index is 0.312. The van der Waals surface area contributed by atoms with E-state index in [0.717, 1.165) is 25.9 Å². The molecule has 1 aliphatic rings. The van der Waals surface area contributed by atoms with E-state index in [1.165, 1.54) is 0 Å². The molecule has 0 aliphatic carbocycles. The Morgan fingerprint density at radius 2 is 2.28 bits per heavy atom. The van der Waals surface area contributed by atoms with Crippen molar-refractivity contribution in [3.05, 3.63) is 23.8 Å². The molecule has 5 N–H and O–H groups in total. The largest absolute Gasteiger partial charge is 0.397 e. The number of likely N-dealkylation sites (N-methyl/N-ethyl adjacent to an activating group) is 1. The number of primary amides is 1. The second-order valence-corrected chi connectivity index (χ2v) is 4.88. The summed E-state index contributed by atoms with van der Waals surface area (Å²) in [6, 6.07) is 5.54. The van der Waals surface area contributed by atoms with E-state index in [0.29, 0.717) is 23.0 Å². The number of rotatable bonds is 3. The number of nitrogen functional groups attached to an aromatic ring is 1. The van der Waals surface area contributed by atoms with Crippen LogP contribution in [0.5, 0.6) is 0 Å². The number of anilines is 2. The molecule has 0 bridgehead atoms. The average molecular weight is 248 g/mol. The number of piperidine rings is 1. The van der Waals surface area contributed by atoms with Crippen LogP contribution < -0.4 is 16.8 Å². The van der Waals surface area contributed by atoms with Crippen molar-refractivity contribution in [2.24, 2.45) is 5.73 Å². The third-order valence-corrected chi connectivity index (χ3v) is 3.34. The minimum Gasteiger partial charge on any atom is -0.397 e. The van der Waals surface area contributed by atoms with Gasteiger partial charge in [-0.15, -0.1) is 0 Å². The predicted molar refractivity (Wildman–Crippen MR) is 73.5 cm³/mol. The molecule has 1 unspecified atom stereocenters. The summed E-state index contributed by atoms with van der Waals surface area (Å²) < 4.78 is 0. The lowest BCUT2D eigenvalue weighted by atomic mass is 10.0. The summed E-state index contributed by atoms with van der Waals surface area (Å²) in [4.78, 5) is 13.7. The van der Waals surface area contributed by atoms with Crippen molar-refractivity contribution in [2.75, 3.05) is 31.2 Å². The number of carbonyl (C=O) groups excluding carboxylic acids is 1. The molecule has 0 aromatic heterocycles. The monoisotopic (exact) mass is 248 g/mol. The molecule has 0 radical (unpaired) electrons. The number of hydrogen-bond donors (Lipinski definition) is 3. The fourth-order valence-corrected chi connectivity index (χ4v) is 2.42. The third kappa shape index (κ3) is 2.73. The van der Waals surface area contributed by atoms with Gasteiger partial charge in [-0.25, -0.2) is 0 Å². The van der Waals surface area contributed by atoms with Crippen molar-refractivity contribution in [2.45, 2.75) is 18.9 Å². The Morgan fingerprint density at radius 3 is 2.94 bits per heavy atom. The van der Waals surface area contributed by atoms with E-state index < -0.39 is 5.91 Å². The summed E-state index contributed by atoms with van der Waals surface area (Å²) in [5.41, 5.74) is 13.0. The van der Waals surface area contributed by atoms with Gasteiger partial charge in [0.1, 0.15) is 0 Å². The smallest absolute Gasteiger partial charge is 0.250 e. The van der Waals surface area contributed by atoms with E-state index in [-0.39, 0.29) is 0 Å². The highest BCUT2D eigenvalue weighted by molar-refractivity contribution is 6.01. The first kappa shape index (κ1) is 12.7. The van der Waals surface area contributed by atoms with E-state index in [9.17, 15) is 4.79 Å². The molecule has 1 aliphatic heterocycles. The number of nitrogens with zero attached hydrogens (tertiary/aromatic N) is 1. The summed E-state index contributed by atoms with van der Waals surface area (Å²) in [7, 11) is 2.09. The Balaban J connectivity index is 2.20. The molecule has 18 heavy (non-hydrogen) atoms. The highest BCUT2D eigenvalue weighted by atomic mass is 16.1. The van der Waals surface area contributed by atoms with Gasteiger partial charge >= 0.3 is 0 Å². The molecule has 1 atom stereocenters. The van der Waals surface area contributed by atoms with Gasteiger partial charge in [-0.1, -0.05) is 6.07 Å². The van der Waals surface area contributed by atoms with Gasteiger partial charge in [0.25, 0.3) is 5.91 Å². The number of hydrogen-bond acceptors (Lipinski definition) is 4. The molecule has 1 amide bonds. The first-order chi connectivity index (χ1) is 8.58. The summed E-state index contributed by atoms with van der Waals surface area (Å²) in [6.07, 6.45) is 2.23. The summed E-state index contributed by atoms with van der Waals surface area (Å²) in [6.45, 7) is 2.07. The molecule has 5 nitrogen and oxygen atoms in total. The number of likely N-dealkylation sites (tertiary alicyclic amines) is 1. The third-order valence-electron chi connectivity index (χ3n) is 3.34. The van der Waals surface area contributed by atoms with Crippen molar-refractivity contribution in [1.29, 1.82) is 0 Å². The summed E-state index contributed by atoms with van der Waals surface area (Å²) in [5, 5.41) is 3.36. The van der Waals surface area contributed by atoms with Crippen LogP contribution in [0.25, 0.3) is 0 Å². The van der Waals surface area contributed by atoms with Crippen molar-refractivity contribution < 1.29 is 4.79 Å². The molecule has 1 fully saturated rings. The van der Waals surface area contributed by atoms with Gasteiger partial charge in [0.15, 0.2) is 0 Å². The van der Waals surface area contributed by atoms with Crippen LogP contribution in [-0.4, -0.2) is 37.0 Å². The Kier molecular flexibility index (Phi) is 3.72. The number of carbonyl (C=O) groups is 1. The normalized spacial score (nSPS) is 20.6. The van der Waals surface area contributed by atoms with E-state index in [1.807, 2.05) is 0 Å². The topological polar surface area (TPSA) is 84.4 Å². The second kappa shape index (κ2) is 5.27. The molecule has 1 aromatic carbocycles. The van der Waals surface area contributed by atoms with E-state index in [2.05, 4.69) is 17.3 Å². The molecule has 98 valence electrons. The van der Waals surface area contributed by atoms with Crippen LogP contribution in [0.1, 0.15) is 23.2 Å². The van der Waals surface area contributed by atoms with E-state index in [4.69, 9.17) is 11.5 Å². The summed E-state index contributed by atoms with van der Waals surface area (Å²) in [5.74, 6) is -0.450. The van der Waals surface area contributed by atoms with Crippen molar-refractivity contribution in [1.82, 2.24) is 4.90 Å². The van der Waals surface area contributed by atoms with Crippen molar-refractivity contribution in [3.8, 4) is 0 Å². The quantitative estimate of drug-likeness (QED) is 0.693. The van der Waals surface area contributed by atoms with E-state index in [1.54, 1.807) is 18.2 Å². The molecule has 0 spiro atoms. The maximum absolute atomic E-state index is 11.4. The van der Waals surface area contributed by atoms with Crippen molar-refractivity contribution in [3.63, 3.8) is 0 Å². The zero-order valence-electron chi connectivity index (χ0n) is 10.6. The zero-order valence-corrected chi connectivity index (χ0v) is 10.6. The molecular formula is C13H20N4O. The maximum atomic E-state index is 11.4. The van der Waals surface area contributed by atoms with Gasteiger partial charge in [-0.2, -0.15) is 0 Å². The standard InChI is InChI=1S/C13H20N4O/c1-17-7-3-4-9(8-17)16-12-10(13(15)18)5-2-6-11(12)14/h2,5-6,9,16H,3-4,7-8,14H2,1H3,(H2,15,18). The van der Waals surface area contributed by atoms with Crippen LogP contribution in [0.4, 0.5) is 11.4 Å². The number of para-hydroxylation sites is 1. The fraction of sp³-hybridized carbons (Fsp3) is 0.462. The molecule has 1 saturated heterocycles. The van der Waals surface area contributed by atoms with Crippen LogP contribution in [-0.2, 0) is 0 Å². The van der Waals surface area contributed by atoms with Gasteiger partial charge in [0, 0.05) is 12.6 Å². The maximum Gasteiger partial charge on any atom is 0.250 e. The van der Waals surface area contributed by atoms with Crippen LogP contribution in [0.2, 0.25) is 0 Å². The fourth-order valence-electron chi connectivity index (χ4n) is 2.42. The Morgan fingerprint density at radius 1 is 1.50 bits per heavy atom. The predicted octanol–water partition coefficient (Wildman–Crippen LogP) is 0.874. The Bertz CT molecular complexity index is 447. The molecule has 0 saturated carbocycles. The lowest BCUT2D eigenvalue weighted by molar-refractivity contribution is 0.100. The van der Waals surface area contributed by atoms with Crippen molar-refractivity contribution >= 4 is 17.3 Å². The number of nitrogens with one attached hydrogen (secondary N) is 1. The highest BCUT2D eigenvalue weighted by Gasteiger charge is 2.20. The highest BCUT2D eigenvalue weighted by Crippen LogP contribution is 2.25. The zero-order chi connectivity index (χ0) is 13.1. The van der Waals surface area contributed by atoms with Gasteiger partial charge in [-0.3, -0.25) is 4.79 Å². The average Bonchev–Trinajstić information content (AvgIpc) is 2.31. The van der Waals surface area contributed by atoms with Gasteiger partial charge in [0.2, 0.25) is 0 Å². The molecule has 2 rings (SSSR count).